The molecule has 5 nitrogen and oxygen atoms in total. The zero-order chi connectivity index (χ0) is 21.3. The van der Waals surface area contributed by atoms with Gasteiger partial charge >= 0.3 is 6.18 Å². The second kappa shape index (κ2) is 8.20. The Kier molecular flexibility index (Phi) is 5.62. The highest BCUT2D eigenvalue weighted by atomic mass is 19.4. The van der Waals surface area contributed by atoms with Crippen LogP contribution in [0.1, 0.15) is 17.5 Å². The molecule has 8 heteroatoms. The Morgan fingerprint density at radius 3 is 2.20 bits per heavy atom. The lowest BCUT2D eigenvalue weighted by Crippen LogP contribution is -3.29. The highest BCUT2D eigenvalue weighted by molar-refractivity contribution is 6.22. The molecular weight excluding hydrogens is 395 g/mol. The van der Waals surface area contributed by atoms with Crippen molar-refractivity contribution in [1.82, 2.24) is 0 Å². The number of anilines is 1. The minimum Gasteiger partial charge on any atom is -0.322 e. The number of halogens is 3. The zero-order valence-electron chi connectivity index (χ0n) is 16.4. The van der Waals surface area contributed by atoms with Gasteiger partial charge in [-0.15, -0.1) is 0 Å². The van der Waals surface area contributed by atoms with Crippen molar-refractivity contribution < 1.29 is 32.6 Å². The van der Waals surface area contributed by atoms with Gasteiger partial charge in [-0.05, 0) is 12.1 Å². The van der Waals surface area contributed by atoms with Crippen LogP contribution in [-0.2, 0) is 22.3 Å². The molecule has 2 N–H and O–H groups in total. The molecule has 1 atom stereocenters. The first-order chi connectivity index (χ1) is 14.3. The van der Waals surface area contributed by atoms with Gasteiger partial charge in [-0.25, -0.2) is 4.90 Å². The normalized spacial score (nSPS) is 25.0. The molecule has 0 aliphatic carbocycles. The number of nitrogens with one attached hydrogen (secondary N) is 2. The first-order valence-electron chi connectivity index (χ1n) is 10.1. The van der Waals surface area contributed by atoms with Crippen LogP contribution in [0.15, 0.2) is 54.6 Å². The van der Waals surface area contributed by atoms with Crippen LogP contribution < -0.4 is 14.7 Å². The van der Waals surface area contributed by atoms with Gasteiger partial charge < -0.3 is 9.80 Å². The molecule has 158 valence electrons. The van der Waals surface area contributed by atoms with Crippen molar-refractivity contribution in [2.75, 3.05) is 31.1 Å². The third-order valence-corrected chi connectivity index (χ3v) is 5.99. The second-order valence-electron chi connectivity index (χ2n) is 7.91. The number of para-hydroxylation sites is 1. The van der Waals surface area contributed by atoms with Crippen LogP contribution in [0, 0.1) is 0 Å². The fourth-order valence-electron chi connectivity index (χ4n) is 4.45. The number of alkyl halides is 3. The number of quaternary nitrogens is 2. The van der Waals surface area contributed by atoms with Crippen molar-refractivity contribution in [1.29, 1.82) is 0 Å². The lowest BCUT2D eigenvalue weighted by molar-refractivity contribution is -1.02. The minimum absolute atomic E-state index is 0.0472. The maximum atomic E-state index is 13.4. The molecule has 2 aromatic rings. The molecule has 30 heavy (non-hydrogen) atoms. The largest absolute Gasteiger partial charge is 0.418 e. The Labute approximate surface area is 172 Å². The number of piperazine rings is 1. The first kappa shape index (κ1) is 20.6. The van der Waals surface area contributed by atoms with Gasteiger partial charge in [0, 0.05) is 5.56 Å². The van der Waals surface area contributed by atoms with E-state index in [1.807, 2.05) is 18.2 Å². The molecule has 2 amide bonds. The number of amides is 2. The number of hydrogen-bond donors (Lipinski definition) is 2. The maximum absolute atomic E-state index is 13.4. The third-order valence-electron chi connectivity index (χ3n) is 5.99. The first-order valence-corrected chi connectivity index (χ1v) is 10.1. The molecule has 2 aliphatic heterocycles. The Bertz CT molecular complexity index is 925. The Morgan fingerprint density at radius 2 is 1.53 bits per heavy atom. The summed E-state index contributed by atoms with van der Waals surface area (Å²) in [4.78, 5) is 28.6. The van der Waals surface area contributed by atoms with E-state index in [1.54, 1.807) is 0 Å². The van der Waals surface area contributed by atoms with Crippen LogP contribution in [0.4, 0.5) is 18.9 Å². The van der Waals surface area contributed by atoms with Crippen molar-refractivity contribution in [2.24, 2.45) is 0 Å². The topological polar surface area (TPSA) is 46.3 Å². The second-order valence-corrected chi connectivity index (χ2v) is 7.91. The molecule has 2 heterocycles. The van der Waals surface area contributed by atoms with E-state index in [0.717, 1.165) is 35.5 Å². The minimum atomic E-state index is -4.63. The van der Waals surface area contributed by atoms with E-state index in [4.69, 9.17) is 0 Å². The summed E-state index contributed by atoms with van der Waals surface area (Å²) in [6.07, 6.45) is -4.68. The lowest BCUT2D eigenvalue weighted by Gasteiger charge is -2.32. The summed E-state index contributed by atoms with van der Waals surface area (Å²) in [5, 5.41) is 0. The molecular formula is C22H24F3N3O2+2. The summed E-state index contributed by atoms with van der Waals surface area (Å²) in [6.45, 7) is 4.01. The SMILES string of the molecule is O=C1CC([NH+]2CC[NH+](Cc3ccccc3)CC2)C(=O)N1c1ccccc1C(F)(F)F. The van der Waals surface area contributed by atoms with Gasteiger partial charge in [-0.2, -0.15) is 13.2 Å². The average molecular weight is 419 g/mol. The van der Waals surface area contributed by atoms with E-state index in [1.165, 1.54) is 28.7 Å². The molecule has 0 spiro atoms. The number of hydrogen-bond acceptors (Lipinski definition) is 2. The Morgan fingerprint density at radius 1 is 0.900 bits per heavy atom. The maximum Gasteiger partial charge on any atom is 0.418 e. The van der Waals surface area contributed by atoms with Crippen molar-refractivity contribution in [2.45, 2.75) is 25.2 Å². The number of rotatable bonds is 4. The number of nitrogens with zero attached hydrogens (tertiary/aromatic N) is 1. The van der Waals surface area contributed by atoms with Crippen molar-refractivity contribution in [3.63, 3.8) is 0 Å². The molecule has 2 saturated heterocycles. The summed E-state index contributed by atoms with van der Waals surface area (Å²) < 4.78 is 40.1. The fraction of sp³-hybridized carbons (Fsp3) is 0.364. The van der Waals surface area contributed by atoms with Crippen LogP contribution in [0.25, 0.3) is 0 Å². The molecule has 2 aliphatic rings. The van der Waals surface area contributed by atoms with Gasteiger partial charge in [-0.3, -0.25) is 9.59 Å². The molecule has 2 fully saturated rings. The summed E-state index contributed by atoms with van der Waals surface area (Å²) in [5.41, 5.74) is -0.0762. The van der Waals surface area contributed by atoms with Crippen LogP contribution in [-0.4, -0.2) is 44.0 Å². The van der Waals surface area contributed by atoms with Crippen molar-refractivity contribution >= 4 is 17.5 Å². The fourth-order valence-corrected chi connectivity index (χ4v) is 4.45. The van der Waals surface area contributed by atoms with E-state index < -0.39 is 29.6 Å². The Balaban J connectivity index is 1.44. The third kappa shape index (κ3) is 4.11. The number of benzene rings is 2. The van der Waals surface area contributed by atoms with E-state index in [9.17, 15) is 22.8 Å². The summed E-state index contributed by atoms with van der Waals surface area (Å²) in [6, 6.07) is 14.3. The van der Waals surface area contributed by atoms with Gasteiger partial charge in [0.25, 0.3) is 5.91 Å². The molecule has 2 aromatic carbocycles. The van der Waals surface area contributed by atoms with Crippen molar-refractivity contribution in [3.8, 4) is 0 Å². The van der Waals surface area contributed by atoms with Crippen LogP contribution >= 0.6 is 0 Å². The van der Waals surface area contributed by atoms with Gasteiger partial charge in [0.2, 0.25) is 5.91 Å². The predicted molar refractivity (Wildman–Crippen MR) is 104 cm³/mol. The number of carbonyl (C=O) groups excluding carboxylic acids is 2. The van der Waals surface area contributed by atoms with Gasteiger partial charge in [0.05, 0.1) is 17.7 Å². The zero-order valence-corrected chi connectivity index (χ0v) is 16.4. The smallest absolute Gasteiger partial charge is 0.322 e. The van der Waals surface area contributed by atoms with Crippen molar-refractivity contribution in [3.05, 3.63) is 65.7 Å². The van der Waals surface area contributed by atoms with Gasteiger partial charge in [0.1, 0.15) is 32.7 Å². The standard InChI is InChI=1S/C22H22F3N3O2/c23-22(24,25)17-8-4-5-9-18(17)28-20(29)14-19(21(28)30)27-12-10-26(11-13-27)15-16-6-2-1-3-7-16/h1-9,19H,10-15H2/p+2. The molecule has 0 bridgehead atoms. The molecule has 0 radical (unpaired) electrons. The van der Waals surface area contributed by atoms with Crippen LogP contribution in [0.3, 0.4) is 0 Å². The highest BCUT2D eigenvalue weighted by Gasteiger charge is 2.49. The summed E-state index contributed by atoms with van der Waals surface area (Å²) in [5.74, 6) is -1.09. The summed E-state index contributed by atoms with van der Waals surface area (Å²) in [7, 11) is 0. The lowest BCUT2D eigenvalue weighted by atomic mass is 10.1. The predicted octanol–water partition coefficient (Wildman–Crippen LogP) is 0.321. The Hall–Kier alpha value is -2.71. The van der Waals surface area contributed by atoms with E-state index in [0.29, 0.717) is 13.1 Å². The highest BCUT2D eigenvalue weighted by Crippen LogP contribution is 2.37. The van der Waals surface area contributed by atoms with E-state index in [2.05, 4.69) is 12.1 Å². The average Bonchev–Trinajstić information content (AvgIpc) is 3.03. The molecule has 0 aromatic heterocycles. The van der Waals surface area contributed by atoms with Crippen LogP contribution in [0.2, 0.25) is 0 Å². The van der Waals surface area contributed by atoms with Gasteiger partial charge in [-0.1, -0.05) is 42.5 Å². The van der Waals surface area contributed by atoms with Crippen LogP contribution in [0.5, 0.6) is 0 Å². The molecule has 1 unspecified atom stereocenters. The summed E-state index contributed by atoms with van der Waals surface area (Å²) >= 11 is 0. The van der Waals surface area contributed by atoms with Gasteiger partial charge in [0.15, 0.2) is 6.04 Å². The quantitative estimate of drug-likeness (QED) is 0.702. The van der Waals surface area contributed by atoms with E-state index >= 15 is 0 Å². The van der Waals surface area contributed by atoms with E-state index in [-0.39, 0.29) is 12.1 Å². The molecule has 0 saturated carbocycles. The number of carbonyl (C=O) groups is 2. The number of imide groups is 1. The monoisotopic (exact) mass is 419 g/mol. The molecule has 4 rings (SSSR count).